The molecule has 0 radical (unpaired) electrons. The Hall–Kier alpha value is -2.39. The van der Waals surface area contributed by atoms with Crippen LogP contribution in [0.25, 0.3) is 11.3 Å². The van der Waals surface area contributed by atoms with Crippen molar-refractivity contribution in [3.05, 3.63) is 29.8 Å². The van der Waals surface area contributed by atoms with Crippen LogP contribution in [-0.2, 0) is 6.42 Å². The highest BCUT2D eigenvalue weighted by Gasteiger charge is 2.57. The summed E-state index contributed by atoms with van der Waals surface area (Å²) >= 11 is 0. The SMILES string of the molecule is CCc1nc(-c2cnc(N)c(OC(F)F)c2)cc([C@H]2[C@@H]3CN(CC(C)O)C[C@@H]32)n1. The second-order valence-electron chi connectivity index (χ2n) is 7.85. The fraction of sp³-hybridized carbons (Fsp3) is 0.550. The third kappa shape index (κ3) is 4.16. The minimum absolute atomic E-state index is 0.0889. The molecule has 1 aliphatic heterocycles. The van der Waals surface area contributed by atoms with Crippen LogP contribution in [0.5, 0.6) is 5.75 Å². The second kappa shape index (κ2) is 7.79. The molecule has 4 atom stereocenters. The number of β-amino-alcohol motifs (C(OH)–C–C–N with tert-alkyl or cyclic N) is 1. The monoisotopic (exact) mass is 405 g/mol. The van der Waals surface area contributed by atoms with Crippen LogP contribution in [-0.4, -0.2) is 57.3 Å². The molecule has 4 rings (SSSR count). The molecule has 0 amide bonds. The number of nitrogens with zero attached hydrogens (tertiary/aromatic N) is 4. The van der Waals surface area contributed by atoms with Gasteiger partial charge in [-0.25, -0.2) is 15.0 Å². The Morgan fingerprint density at radius 1 is 1.28 bits per heavy atom. The normalized spacial score (nSPS) is 24.6. The number of nitrogens with two attached hydrogens (primary N) is 1. The lowest BCUT2D eigenvalue weighted by Crippen LogP contribution is -2.31. The predicted octanol–water partition coefficient (Wildman–Crippen LogP) is 2.31. The highest BCUT2D eigenvalue weighted by molar-refractivity contribution is 5.64. The first kappa shape index (κ1) is 19.9. The van der Waals surface area contributed by atoms with Crippen molar-refractivity contribution in [3.8, 4) is 17.0 Å². The molecule has 2 aromatic heterocycles. The lowest BCUT2D eigenvalue weighted by Gasteiger charge is -2.20. The van der Waals surface area contributed by atoms with Gasteiger partial charge < -0.3 is 20.5 Å². The van der Waals surface area contributed by atoms with Crippen LogP contribution in [0, 0.1) is 11.8 Å². The maximum atomic E-state index is 12.6. The van der Waals surface area contributed by atoms with Crippen LogP contribution in [0.2, 0.25) is 0 Å². The van der Waals surface area contributed by atoms with Gasteiger partial charge in [0.15, 0.2) is 11.6 Å². The number of anilines is 1. The van der Waals surface area contributed by atoms with Crippen molar-refractivity contribution in [2.45, 2.75) is 38.9 Å². The summed E-state index contributed by atoms with van der Waals surface area (Å²) in [5.41, 5.74) is 7.82. The molecule has 0 bridgehead atoms. The highest BCUT2D eigenvalue weighted by atomic mass is 19.3. The van der Waals surface area contributed by atoms with Gasteiger partial charge in [-0.15, -0.1) is 0 Å². The van der Waals surface area contributed by atoms with Crippen molar-refractivity contribution >= 4 is 5.82 Å². The van der Waals surface area contributed by atoms with Crippen molar-refractivity contribution in [2.75, 3.05) is 25.4 Å². The van der Waals surface area contributed by atoms with E-state index in [9.17, 15) is 13.9 Å². The van der Waals surface area contributed by atoms with Crippen molar-refractivity contribution < 1.29 is 18.6 Å². The van der Waals surface area contributed by atoms with E-state index < -0.39 is 6.61 Å². The minimum atomic E-state index is -2.98. The number of hydrogen-bond donors (Lipinski definition) is 2. The molecule has 9 heteroatoms. The largest absolute Gasteiger partial charge is 0.431 e. The number of rotatable bonds is 7. The van der Waals surface area contributed by atoms with Crippen LogP contribution in [0.1, 0.15) is 31.3 Å². The molecule has 0 aromatic carbocycles. The molecule has 1 unspecified atom stereocenters. The molecule has 7 nitrogen and oxygen atoms in total. The Kier molecular flexibility index (Phi) is 5.35. The van der Waals surface area contributed by atoms with E-state index >= 15 is 0 Å². The zero-order chi connectivity index (χ0) is 20.7. The zero-order valence-corrected chi connectivity index (χ0v) is 16.4. The van der Waals surface area contributed by atoms with Crippen LogP contribution in [0.4, 0.5) is 14.6 Å². The van der Waals surface area contributed by atoms with Crippen molar-refractivity contribution in [1.29, 1.82) is 0 Å². The van der Waals surface area contributed by atoms with Gasteiger partial charge in [0.05, 0.1) is 11.8 Å². The number of pyridine rings is 1. The van der Waals surface area contributed by atoms with Gasteiger partial charge >= 0.3 is 6.61 Å². The maximum absolute atomic E-state index is 12.6. The number of aromatic nitrogens is 3. The van der Waals surface area contributed by atoms with E-state index in [2.05, 4.69) is 19.6 Å². The predicted molar refractivity (Wildman–Crippen MR) is 104 cm³/mol. The van der Waals surface area contributed by atoms with Gasteiger partial charge in [0.25, 0.3) is 0 Å². The maximum Gasteiger partial charge on any atom is 0.387 e. The topological polar surface area (TPSA) is 97.4 Å². The Labute approximate surface area is 167 Å². The van der Waals surface area contributed by atoms with Gasteiger partial charge in [0.1, 0.15) is 5.82 Å². The summed E-state index contributed by atoms with van der Waals surface area (Å²) in [4.78, 5) is 15.5. The number of hydrogen-bond acceptors (Lipinski definition) is 7. The Bertz CT molecular complexity index is 883. The molecule has 156 valence electrons. The Morgan fingerprint density at radius 2 is 2.00 bits per heavy atom. The molecular formula is C20H25F2N5O2. The molecule has 1 aliphatic carbocycles. The minimum Gasteiger partial charge on any atom is -0.431 e. The molecule has 2 aromatic rings. The summed E-state index contributed by atoms with van der Waals surface area (Å²) in [5, 5.41) is 9.59. The quantitative estimate of drug-likeness (QED) is 0.730. The summed E-state index contributed by atoms with van der Waals surface area (Å²) in [6.45, 7) is 3.41. The third-order valence-corrected chi connectivity index (χ3v) is 5.64. The zero-order valence-electron chi connectivity index (χ0n) is 16.4. The van der Waals surface area contributed by atoms with Crippen LogP contribution >= 0.6 is 0 Å². The first-order chi connectivity index (χ1) is 13.9. The average molecular weight is 405 g/mol. The van der Waals surface area contributed by atoms with Crippen molar-refractivity contribution in [3.63, 3.8) is 0 Å². The van der Waals surface area contributed by atoms with Crippen LogP contribution in [0.3, 0.4) is 0 Å². The van der Waals surface area contributed by atoms with Gasteiger partial charge in [-0.05, 0) is 30.9 Å². The number of fused-ring (bicyclic) bond motifs is 1. The average Bonchev–Trinajstić information content (AvgIpc) is 3.18. The standard InChI is InChI=1S/C20H25F2N5O2/c1-3-17-25-14(11-4-16(29-20(21)22)19(23)24-6-11)5-15(26-17)18-12-8-27(7-10(2)28)9-13(12)18/h4-6,10,12-13,18,20,28H,3,7-9H2,1-2H3,(H2,23,24)/t10?,12-,13+,18+. The first-order valence-corrected chi connectivity index (χ1v) is 9.84. The van der Waals surface area contributed by atoms with Gasteiger partial charge in [-0.2, -0.15) is 8.78 Å². The number of piperidine rings is 1. The summed E-state index contributed by atoms with van der Waals surface area (Å²) in [6, 6.07) is 3.36. The van der Waals surface area contributed by atoms with E-state index in [0.29, 0.717) is 47.8 Å². The number of aliphatic hydroxyl groups is 1. The van der Waals surface area contributed by atoms with Crippen LogP contribution < -0.4 is 10.5 Å². The van der Waals surface area contributed by atoms with Gasteiger partial charge in [-0.1, -0.05) is 6.92 Å². The highest BCUT2D eigenvalue weighted by Crippen LogP contribution is 2.57. The van der Waals surface area contributed by atoms with E-state index in [-0.39, 0.29) is 17.7 Å². The summed E-state index contributed by atoms with van der Waals surface area (Å²) in [7, 11) is 0. The molecule has 29 heavy (non-hydrogen) atoms. The number of aliphatic hydroxyl groups excluding tert-OH is 1. The Morgan fingerprint density at radius 3 is 2.62 bits per heavy atom. The van der Waals surface area contributed by atoms with Crippen molar-refractivity contribution in [1.82, 2.24) is 19.9 Å². The van der Waals surface area contributed by atoms with Gasteiger partial charge in [-0.3, -0.25) is 0 Å². The number of halogens is 2. The first-order valence-electron chi connectivity index (χ1n) is 9.84. The number of aryl methyl sites for hydroxylation is 1. The van der Waals surface area contributed by atoms with E-state index in [1.165, 1.54) is 12.3 Å². The molecule has 1 saturated heterocycles. The van der Waals surface area contributed by atoms with Crippen molar-refractivity contribution in [2.24, 2.45) is 11.8 Å². The number of nitrogen functional groups attached to an aromatic ring is 1. The van der Waals surface area contributed by atoms with E-state index in [0.717, 1.165) is 18.8 Å². The number of likely N-dealkylation sites (tertiary alicyclic amines) is 1. The summed E-state index contributed by atoms with van der Waals surface area (Å²) in [5.74, 6) is 1.89. The smallest absolute Gasteiger partial charge is 0.387 e. The second-order valence-corrected chi connectivity index (χ2v) is 7.85. The van der Waals surface area contributed by atoms with E-state index in [4.69, 9.17) is 10.7 Å². The fourth-order valence-electron chi connectivity index (χ4n) is 4.36. The Balaban J connectivity index is 1.58. The molecule has 1 saturated carbocycles. The lowest BCUT2D eigenvalue weighted by atomic mass is 10.1. The molecule has 0 spiro atoms. The molecule has 2 fully saturated rings. The molecule has 3 heterocycles. The third-order valence-electron chi connectivity index (χ3n) is 5.64. The van der Waals surface area contributed by atoms with Crippen LogP contribution in [0.15, 0.2) is 18.3 Å². The summed E-state index contributed by atoms with van der Waals surface area (Å²) < 4.78 is 29.7. The summed E-state index contributed by atoms with van der Waals surface area (Å²) in [6.07, 6.45) is 1.85. The molecule has 2 aliphatic rings. The number of alkyl halides is 2. The van der Waals surface area contributed by atoms with Gasteiger partial charge in [0.2, 0.25) is 0 Å². The number of ether oxygens (including phenoxy) is 1. The fourth-order valence-corrected chi connectivity index (χ4v) is 4.36. The molecule has 3 N–H and O–H groups in total. The van der Waals surface area contributed by atoms with E-state index in [1.54, 1.807) is 6.92 Å². The molecular weight excluding hydrogens is 380 g/mol. The lowest BCUT2D eigenvalue weighted by molar-refractivity contribution is -0.0494. The van der Waals surface area contributed by atoms with E-state index in [1.807, 2.05) is 13.0 Å². The van der Waals surface area contributed by atoms with Gasteiger partial charge in [0, 0.05) is 49.4 Å².